The van der Waals surface area contributed by atoms with E-state index in [2.05, 4.69) is 16.2 Å². The van der Waals surface area contributed by atoms with E-state index in [1.54, 1.807) is 0 Å². The fraction of sp³-hybridized carbons (Fsp3) is 0.786. The van der Waals surface area contributed by atoms with Crippen molar-refractivity contribution in [3.63, 3.8) is 0 Å². The second-order valence-corrected chi connectivity index (χ2v) is 8.51. The van der Waals surface area contributed by atoms with Crippen LogP contribution >= 0.6 is 11.5 Å². The molecule has 1 unspecified atom stereocenters. The van der Waals surface area contributed by atoms with E-state index in [-0.39, 0.29) is 16.5 Å². The average molecular weight is 332 g/mol. The van der Waals surface area contributed by atoms with Gasteiger partial charge in [0, 0.05) is 13.1 Å². The average Bonchev–Trinajstić information content (AvgIpc) is 2.69. The Balaban J connectivity index is 2.29. The van der Waals surface area contributed by atoms with E-state index in [1.165, 1.54) is 24.4 Å². The summed E-state index contributed by atoms with van der Waals surface area (Å²) in [5, 5.41) is 0.748. The minimum Gasteiger partial charge on any atom is -0.382 e. The molecule has 1 aromatic rings. The lowest BCUT2D eigenvalue weighted by Gasteiger charge is -2.22. The van der Waals surface area contributed by atoms with Gasteiger partial charge in [-0.2, -0.15) is 4.37 Å². The third-order valence-corrected chi connectivity index (χ3v) is 7.18. The Morgan fingerprint density at radius 2 is 2.10 bits per heavy atom. The van der Waals surface area contributed by atoms with Crippen molar-refractivity contribution in [2.45, 2.75) is 50.8 Å². The van der Waals surface area contributed by atoms with Crippen molar-refractivity contribution in [3.8, 4) is 0 Å². The van der Waals surface area contributed by atoms with Gasteiger partial charge in [-0.3, -0.25) is 0 Å². The van der Waals surface area contributed by atoms with Crippen LogP contribution in [0.25, 0.3) is 0 Å². The quantitative estimate of drug-likeness (QED) is 0.897. The molecule has 2 rings (SSSR count). The van der Waals surface area contributed by atoms with Gasteiger partial charge in [-0.1, -0.05) is 20.3 Å². The van der Waals surface area contributed by atoms with E-state index in [4.69, 9.17) is 5.73 Å². The van der Waals surface area contributed by atoms with E-state index in [0.29, 0.717) is 6.42 Å². The maximum atomic E-state index is 12.4. The molecule has 1 atom stereocenters. The smallest absolute Gasteiger partial charge is 0.185 e. The molecular formula is C14H25N3O2S2. The normalized spacial score (nSPS) is 20.5. The Labute approximate surface area is 131 Å². The van der Waals surface area contributed by atoms with Crippen LogP contribution in [0.2, 0.25) is 0 Å². The molecule has 7 heteroatoms. The number of sulfone groups is 1. The highest BCUT2D eigenvalue weighted by Gasteiger charge is 2.29. The summed E-state index contributed by atoms with van der Waals surface area (Å²) >= 11 is 1.23. The number of nitrogens with two attached hydrogens (primary N) is 1. The molecule has 0 bridgehead atoms. The monoisotopic (exact) mass is 331 g/mol. The zero-order valence-corrected chi connectivity index (χ0v) is 14.5. The highest BCUT2D eigenvalue weighted by Crippen LogP contribution is 2.37. The summed E-state index contributed by atoms with van der Waals surface area (Å²) in [5.74, 6) is 1.05. The molecule has 2 N–H and O–H groups in total. The molecule has 1 aliphatic heterocycles. The predicted molar refractivity (Wildman–Crippen MR) is 88.7 cm³/mol. The summed E-state index contributed by atoms with van der Waals surface area (Å²) in [6.07, 6.45) is 5.22. The number of anilines is 2. The summed E-state index contributed by atoms with van der Waals surface area (Å²) in [6, 6.07) is 0. The first-order valence-electron chi connectivity index (χ1n) is 7.72. The lowest BCUT2D eigenvalue weighted by molar-refractivity contribution is 0.459. The Kier molecular flexibility index (Phi) is 5.48. The molecule has 0 radical (unpaired) electrons. The molecule has 120 valence electrons. The molecule has 1 aliphatic rings. The van der Waals surface area contributed by atoms with Crippen molar-refractivity contribution < 1.29 is 8.42 Å². The zero-order chi connectivity index (χ0) is 15.5. The maximum absolute atomic E-state index is 12.4. The van der Waals surface area contributed by atoms with Crippen LogP contribution in [0.15, 0.2) is 4.90 Å². The Hall–Kier alpha value is -0.820. The third kappa shape index (κ3) is 3.69. The van der Waals surface area contributed by atoms with Crippen molar-refractivity contribution in [2.24, 2.45) is 5.92 Å². The van der Waals surface area contributed by atoms with E-state index in [9.17, 15) is 8.42 Å². The molecular weight excluding hydrogens is 306 g/mol. The Bertz CT molecular complexity index is 569. The summed E-state index contributed by atoms with van der Waals surface area (Å²) in [6.45, 7) is 5.88. The first-order chi connectivity index (χ1) is 9.99. The summed E-state index contributed by atoms with van der Waals surface area (Å²) in [4.78, 5) is 2.44. The van der Waals surface area contributed by atoms with Gasteiger partial charge in [0.25, 0.3) is 0 Å². The van der Waals surface area contributed by atoms with E-state index in [1.807, 2.05) is 6.92 Å². The molecule has 1 aromatic heterocycles. The highest BCUT2D eigenvalue weighted by atomic mass is 32.2. The van der Waals surface area contributed by atoms with Crippen LogP contribution in [0.4, 0.5) is 10.8 Å². The van der Waals surface area contributed by atoms with Crippen LogP contribution < -0.4 is 10.6 Å². The number of aromatic nitrogens is 1. The van der Waals surface area contributed by atoms with Crippen molar-refractivity contribution in [3.05, 3.63) is 0 Å². The third-order valence-electron chi connectivity index (χ3n) is 4.15. The summed E-state index contributed by atoms with van der Waals surface area (Å²) in [5.41, 5.74) is 5.85. The summed E-state index contributed by atoms with van der Waals surface area (Å²) in [7, 11) is -3.33. The van der Waals surface area contributed by atoms with Gasteiger partial charge >= 0.3 is 0 Å². The van der Waals surface area contributed by atoms with Crippen LogP contribution in [0.5, 0.6) is 0 Å². The van der Waals surface area contributed by atoms with Crippen LogP contribution in [-0.4, -0.2) is 31.6 Å². The number of rotatable bonds is 5. The van der Waals surface area contributed by atoms with E-state index >= 15 is 0 Å². The molecule has 0 aliphatic carbocycles. The first-order valence-corrected chi connectivity index (χ1v) is 10.1. The van der Waals surface area contributed by atoms with Crippen LogP contribution in [-0.2, 0) is 9.84 Å². The van der Waals surface area contributed by atoms with E-state index < -0.39 is 9.84 Å². The Morgan fingerprint density at radius 1 is 1.33 bits per heavy atom. The van der Waals surface area contributed by atoms with Gasteiger partial charge in [-0.25, -0.2) is 8.42 Å². The van der Waals surface area contributed by atoms with Crippen molar-refractivity contribution in [2.75, 3.05) is 29.5 Å². The van der Waals surface area contributed by atoms with Gasteiger partial charge in [-0.05, 0) is 43.1 Å². The molecule has 1 saturated heterocycles. The topological polar surface area (TPSA) is 76.3 Å². The van der Waals surface area contributed by atoms with Gasteiger partial charge in [0.1, 0.15) is 9.90 Å². The fourth-order valence-corrected chi connectivity index (χ4v) is 5.74. The molecule has 21 heavy (non-hydrogen) atoms. The van der Waals surface area contributed by atoms with Gasteiger partial charge in [-0.15, -0.1) is 0 Å². The van der Waals surface area contributed by atoms with Crippen LogP contribution in [0.1, 0.15) is 46.0 Å². The standard InChI is InChI=1S/C14H25N3O2S2/c1-3-10-21(18,19)12-13(15)16-20-14(12)17-8-5-6-11(4-2)7-9-17/h11H,3-10H2,1-2H3,(H2,15,16). The van der Waals surface area contributed by atoms with Gasteiger partial charge in [0.15, 0.2) is 15.7 Å². The molecule has 0 saturated carbocycles. The molecule has 5 nitrogen and oxygen atoms in total. The Morgan fingerprint density at radius 3 is 2.76 bits per heavy atom. The predicted octanol–water partition coefficient (Wildman–Crippen LogP) is 2.93. The largest absolute Gasteiger partial charge is 0.382 e. The highest BCUT2D eigenvalue weighted by molar-refractivity contribution is 7.91. The molecule has 2 heterocycles. The number of hydrogen-bond acceptors (Lipinski definition) is 6. The summed E-state index contributed by atoms with van der Waals surface area (Å²) < 4.78 is 29.0. The number of nitrogens with zero attached hydrogens (tertiary/aromatic N) is 2. The number of nitrogen functional groups attached to an aromatic ring is 1. The second-order valence-electron chi connectivity index (χ2n) is 5.71. The van der Waals surface area contributed by atoms with E-state index in [0.717, 1.165) is 36.9 Å². The van der Waals surface area contributed by atoms with Crippen LogP contribution in [0, 0.1) is 5.92 Å². The first kappa shape index (κ1) is 16.5. The minimum atomic E-state index is -3.33. The van der Waals surface area contributed by atoms with Gasteiger partial charge in [0.05, 0.1) is 5.75 Å². The SMILES string of the molecule is CCCS(=O)(=O)c1c(N)nsc1N1CCCC(CC)CC1. The molecule has 0 amide bonds. The molecule has 0 spiro atoms. The van der Waals surface area contributed by atoms with Crippen LogP contribution in [0.3, 0.4) is 0 Å². The zero-order valence-electron chi connectivity index (χ0n) is 12.8. The lowest BCUT2D eigenvalue weighted by Crippen LogP contribution is -2.25. The lowest BCUT2D eigenvalue weighted by atomic mass is 9.98. The number of hydrogen-bond donors (Lipinski definition) is 1. The van der Waals surface area contributed by atoms with Gasteiger partial charge < -0.3 is 10.6 Å². The molecule has 0 aromatic carbocycles. The second kappa shape index (κ2) is 6.96. The minimum absolute atomic E-state index is 0.133. The fourth-order valence-electron chi connectivity index (χ4n) is 2.93. The van der Waals surface area contributed by atoms with Crippen molar-refractivity contribution >= 4 is 32.2 Å². The van der Waals surface area contributed by atoms with Crippen molar-refractivity contribution in [1.82, 2.24) is 4.37 Å². The van der Waals surface area contributed by atoms with Crippen molar-refractivity contribution in [1.29, 1.82) is 0 Å². The van der Waals surface area contributed by atoms with Gasteiger partial charge in [0.2, 0.25) is 0 Å². The molecule has 1 fully saturated rings. The maximum Gasteiger partial charge on any atom is 0.185 e.